The maximum atomic E-state index is 12.1. The van der Waals surface area contributed by atoms with E-state index in [4.69, 9.17) is 10.5 Å². The number of anilines is 1. The van der Waals surface area contributed by atoms with Crippen LogP contribution >= 0.6 is 0 Å². The maximum absolute atomic E-state index is 12.1. The van der Waals surface area contributed by atoms with Gasteiger partial charge in [0.15, 0.2) is 5.69 Å². The van der Waals surface area contributed by atoms with E-state index in [1.165, 1.54) is 12.7 Å². The van der Waals surface area contributed by atoms with Crippen LogP contribution in [0.25, 0.3) is 16.6 Å². The van der Waals surface area contributed by atoms with Crippen LogP contribution in [0.15, 0.2) is 30.6 Å². The van der Waals surface area contributed by atoms with Crippen LogP contribution in [0.1, 0.15) is 21.6 Å². The van der Waals surface area contributed by atoms with E-state index in [9.17, 15) is 10.1 Å². The Balaban J connectivity index is 2.28. The van der Waals surface area contributed by atoms with E-state index in [0.717, 1.165) is 16.6 Å². The van der Waals surface area contributed by atoms with Crippen molar-refractivity contribution < 1.29 is 9.53 Å². The van der Waals surface area contributed by atoms with E-state index in [1.807, 2.05) is 49.0 Å². The molecule has 0 fully saturated rings. The molecule has 0 radical (unpaired) electrons. The van der Waals surface area contributed by atoms with E-state index in [2.05, 4.69) is 0 Å². The van der Waals surface area contributed by atoms with Gasteiger partial charge in [-0.15, -0.1) is 0 Å². The fourth-order valence-electron chi connectivity index (χ4n) is 2.84. The zero-order valence-corrected chi connectivity index (χ0v) is 13.1. The number of carbonyl (C=O) groups is 1. The largest absolute Gasteiger partial charge is 0.464 e. The van der Waals surface area contributed by atoms with E-state index >= 15 is 0 Å². The van der Waals surface area contributed by atoms with Crippen LogP contribution in [0.3, 0.4) is 0 Å². The molecule has 0 bridgehead atoms. The van der Waals surface area contributed by atoms with Crippen LogP contribution in [-0.2, 0) is 11.8 Å². The quantitative estimate of drug-likeness (QED) is 0.737. The molecule has 0 amide bonds. The van der Waals surface area contributed by atoms with Crippen molar-refractivity contribution in [3.8, 4) is 11.8 Å². The third kappa shape index (κ3) is 2.14. The molecule has 0 spiro atoms. The second kappa shape index (κ2) is 5.21. The van der Waals surface area contributed by atoms with Gasteiger partial charge in [-0.05, 0) is 24.6 Å². The summed E-state index contributed by atoms with van der Waals surface area (Å²) in [6.45, 7) is 2.04. The molecule has 6 nitrogen and oxygen atoms in total. The summed E-state index contributed by atoms with van der Waals surface area (Å²) in [6, 6.07) is 7.83. The minimum atomic E-state index is -0.577. The number of aryl methyl sites for hydroxylation is 2. The van der Waals surface area contributed by atoms with Crippen LogP contribution in [-0.4, -0.2) is 22.2 Å². The summed E-state index contributed by atoms with van der Waals surface area (Å²) in [6.07, 6.45) is 3.60. The van der Waals surface area contributed by atoms with Crippen LogP contribution in [0, 0.1) is 18.3 Å². The predicted molar refractivity (Wildman–Crippen MR) is 87.4 cm³/mol. The number of aromatic nitrogens is 2. The summed E-state index contributed by atoms with van der Waals surface area (Å²) in [5, 5.41) is 10.3. The molecule has 0 aliphatic heterocycles. The van der Waals surface area contributed by atoms with Gasteiger partial charge in [-0.25, -0.2) is 4.79 Å². The standard InChI is InChI=1S/C17H16N4O2/c1-10-8-20(2)14-6-12(4-5-13(10)14)21-9-11(7-18)15(19)16(21)17(22)23-3/h4-6,8-9H,19H2,1-3H3. The molecule has 0 saturated carbocycles. The van der Waals surface area contributed by atoms with Crippen LogP contribution in [0.2, 0.25) is 0 Å². The summed E-state index contributed by atoms with van der Waals surface area (Å²) in [5.41, 5.74) is 9.40. The molecule has 2 heterocycles. The van der Waals surface area contributed by atoms with Gasteiger partial charge >= 0.3 is 5.97 Å². The Morgan fingerprint density at radius 1 is 1.35 bits per heavy atom. The summed E-state index contributed by atoms with van der Waals surface area (Å²) in [4.78, 5) is 12.1. The highest BCUT2D eigenvalue weighted by molar-refractivity contribution is 5.96. The van der Waals surface area contributed by atoms with Gasteiger partial charge < -0.3 is 19.6 Å². The van der Waals surface area contributed by atoms with Crippen molar-refractivity contribution in [3.63, 3.8) is 0 Å². The normalized spacial score (nSPS) is 10.7. The Kier molecular flexibility index (Phi) is 3.34. The number of nitrogen functional groups attached to an aromatic ring is 1. The molecule has 3 rings (SSSR count). The van der Waals surface area contributed by atoms with Gasteiger partial charge in [-0.2, -0.15) is 5.26 Å². The van der Waals surface area contributed by atoms with Gasteiger partial charge in [-0.3, -0.25) is 0 Å². The average Bonchev–Trinajstić information content (AvgIpc) is 3.03. The van der Waals surface area contributed by atoms with Crippen molar-refractivity contribution in [1.82, 2.24) is 9.13 Å². The number of nitrogens with two attached hydrogens (primary N) is 1. The zero-order chi connectivity index (χ0) is 16.7. The summed E-state index contributed by atoms with van der Waals surface area (Å²) in [5.74, 6) is -0.577. The number of benzene rings is 1. The number of nitrogens with zero attached hydrogens (tertiary/aromatic N) is 3. The number of fused-ring (bicyclic) bond motifs is 1. The third-order valence-corrected chi connectivity index (χ3v) is 4.00. The number of carbonyl (C=O) groups excluding carboxylic acids is 1. The molecule has 0 aliphatic rings. The first-order valence-electron chi connectivity index (χ1n) is 7.03. The van der Waals surface area contributed by atoms with Crippen molar-refractivity contribution in [2.24, 2.45) is 7.05 Å². The fraction of sp³-hybridized carbons (Fsp3) is 0.176. The molecule has 3 aromatic rings. The third-order valence-electron chi connectivity index (χ3n) is 4.00. The average molecular weight is 308 g/mol. The van der Waals surface area contributed by atoms with E-state index in [-0.39, 0.29) is 16.9 Å². The molecule has 2 aromatic heterocycles. The number of esters is 1. The number of nitriles is 1. The van der Waals surface area contributed by atoms with Gasteiger partial charge in [0.05, 0.1) is 23.9 Å². The minimum Gasteiger partial charge on any atom is -0.464 e. The van der Waals surface area contributed by atoms with Crippen LogP contribution in [0.5, 0.6) is 0 Å². The number of ether oxygens (including phenoxy) is 1. The second-order valence-corrected chi connectivity index (χ2v) is 5.40. The van der Waals surface area contributed by atoms with Gasteiger partial charge in [0.1, 0.15) is 6.07 Å². The van der Waals surface area contributed by atoms with E-state index in [1.54, 1.807) is 10.8 Å². The highest BCUT2D eigenvalue weighted by atomic mass is 16.5. The molecule has 0 saturated heterocycles. The smallest absolute Gasteiger partial charge is 0.357 e. The molecule has 0 unspecified atom stereocenters. The predicted octanol–water partition coefficient (Wildman–Crippen LogP) is 2.52. The molecule has 23 heavy (non-hydrogen) atoms. The molecular weight excluding hydrogens is 292 g/mol. The lowest BCUT2D eigenvalue weighted by molar-refractivity contribution is 0.0593. The molecule has 2 N–H and O–H groups in total. The van der Waals surface area contributed by atoms with Gasteiger partial charge in [0, 0.05) is 30.5 Å². The Morgan fingerprint density at radius 2 is 2.09 bits per heavy atom. The molecule has 6 heteroatoms. The van der Waals surface area contributed by atoms with Crippen LogP contribution in [0.4, 0.5) is 5.69 Å². The minimum absolute atomic E-state index is 0.127. The highest BCUT2D eigenvalue weighted by Gasteiger charge is 2.22. The lowest BCUT2D eigenvalue weighted by Crippen LogP contribution is -2.11. The first kappa shape index (κ1) is 14.7. The number of hydrogen-bond acceptors (Lipinski definition) is 4. The Bertz CT molecular complexity index is 973. The SMILES string of the molecule is COC(=O)c1c(N)c(C#N)cn1-c1ccc2c(C)cn(C)c2c1. The lowest BCUT2D eigenvalue weighted by atomic mass is 10.2. The first-order valence-corrected chi connectivity index (χ1v) is 7.03. The monoisotopic (exact) mass is 308 g/mol. The maximum Gasteiger partial charge on any atom is 0.357 e. The Labute approximate surface area is 133 Å². The number of hydrogen-bond donors (Lipinski definition) is 1. The summed E-state index contributed by atoms with van der Waals surface area (Å²) in [7, 11) is 3.25. The Morgan fingerprint density at radius 3 is 2.74 bits per heavy atom. The Hall–Kier alpha value is -3.20. The molecule has 116 valence electrons. The highest BCUT2D eigenvalue weighted by Crippen LogP contribution is 2.28. The molecular formula is C17H16N4O2. The topological polar surface area (TPSA) is 86.0 Å². The molecule has 0 atom stereocenters. The fourth-order valence-corrected chi connectivity index (χ4v) is 2.84. The van der Waals surface area contributed by atoms with E-state index in [0.29, 0.717) is 0 Å². The second-order valence-electron chi connectivity index (χ2n) is 5.40. The summed E-state index contributed by atoms with van der Waals surface area (Å²) < 4.78 is 8.41. The number of rotatable bonds is 2. The van der Waals surface area contributed by atoms with Gasteiger partial charge in [-0.1, -0.05) is 6.07 Å². The van der Waals surface area contributed by atoms with Gasteiger partial charge in [0.2, 0.25) is 0 Å². The van der Waals surface area contributed by atoms with Crippen LogP contribution < -0.4 is 5.73 Å². The molecule has 0 aliphatic carbocycles. The lowest BCUT2D eigenvalue weighted by Gasteiger charge is -2.09. The van der Waals surface area contributed by atoms with Crippen molar-refractivity contribution in [3.05, 3.63) is 47.4 Å². The van der Waals surface area contributed by atoms with Crippen molar-refractivity contribution in [1.29, 1.82) is 5.26 Å². The van der Waals surface area contributed by atoms with Crippen molar-refractivity contribution in [2.45, 2.75) is 6.92 Å². The van der Waals surface area contributed by atoms with Crippen molar-refractivity contribution >= 4 is 22.6 Å². The van der Waals surface area contributed by atoms with E-state index < -0.39 is 5.97 Å². The van der Waals surface area contributed by atoms with Gasteiger partial charge in [0.25, 0.3) is 0 Å². The number of methoxy groups -OCH3 is 1. The zero-order valence-electron chi connectivity index (χ0n) is 13.1. The van der Waals surface area contributed by atoms with Crippen molar-refractivity contribution in [2.75, 3.05) is 12.8 Å². The molecule has 1 aromatic carbocycles. The summed E-state index contributed by atoms with van der Waals surface area (Å²) >= 11 is 0. The first-order chi connectivity index (χ1) is 11.0.